The highest BCUT2D eigenvalue weighted by atomic mass is 35.5. The molecule has 2 aromatic carbocycles. The van der Waals surface area contributed by atoms with Gasteiger partial charge >= 0.3 is 6.18 Å². The number of carbonyl (C=O) groups is 4. The molecule has 3 fully saturated rings. The fourth-order valence-electron chi connectivity index (χ4n) is 8.67. The largest absolute Gasteiger partial charge is 0.507 e. The Morgan fingerprint density at radius 1 is 1.06 bits per heavy atom. The molecule has 0 spiro atoms. The number of para-hydroxylation sites is 1. The maximum Gasteiger partial charge on any atom is 0.417 e. The fraction of sp³-hybridized carbons (Fsp3) is 0.324. The van der Waals surface area contributed by atoms with Crippen molar-refractivity contribution in [2.75, 3.05) is 12.0 Å². The highest BCUT2D eigenvalue weighted by molar-refractivity contribution is 6.33. The summed E-state index contributed by atoms with van der Waals surface area (Å²) in [5.74, 6) is -7.03. The van der Waals surface area contributed by atoms with Gasteiger partial charge in [0, 0.05) is 29.2 Å². The van der Waals surface area contributed by atoms with Crippen LogP contribution in [0.15, 0.2) is 79.0 Å². The van der Waals surface area contributed by atoms with Crippen LogP contribution in [0.25, 0.3) is 0 Å². The summed E-state index contributed by atoms with van der Waals surface area (Å²) >= 11 is 12.5. The number of benzene rings is 2. The van der Waals surface area contributed by atoms with E-state index in [9.17, 15) is 32.7 Å². The molecular formula is C37H31Cl2F3N4O5. The summed E-state index contributed by atoms with van der Waals surface area (Å²) in [5.41, 5.74) is 1.56. The number of phenolic OH excluding ortho intramolecular Hbond substituents is 1. The number of imide groups is 2. The molecule has 6 atom stereocenters. The van der Waals surface area contributed by atoms with Crippen molar-refractivity contribution in [3.63, 3.8) is 0 Å². The number of aromatic nitrogens is 1. The standard InChI is InChI=1S/C37H31Cl2F3N4O5/c1-3-6-18-7-5-8-24(30(18)47)29-22-13-14-23-28(34(50)45(4-2)32(23)48)25(22)16-26-33(49)46(35(51)36(26,29)19-9-11-21(38)12-10-19)44-31-27(39)15-20(17-43-31)37(40,41)42/h3,5,7-13,15,17,23,25-26,28-29,47H,1,4,6,14,16H2,2H3,(H,43,44). The number of halogens is 5. The summed E-state index contributed by atoms with van der Waals surface area (Å²) in [6.45, 7) is 5.68. The van der Waals surface area contributed by atoms with Crippen LogP contribution < -0.4 is 5.43 Å². The van der Waals surface area contributed by atoms with E-state index in [1.165, 1.54) is 4.90 Å². The highest BCUT2D eigenvalue weighted by Crippen LogP contribution is 2.65. The van der Waals surface area contributed by atoms with E-state index in [1.807, 2.05) is 6.08 Å². The lowest BCUT2D eigenvalue weighted by Crippen LogP contribution is -2.53. The molecule has 6 unspecified atom stereocenters. The van der Waals surface area contributed by atoms with Crippen molar-refractivity contribution in [3.05, 3.63) is 111 Å². The number of anilines is 1. The summed E-state index contributed by atoms with van der Waals surface area (Å²) in [7, 11) is 0. The van der Waals surface area contributed by atoms with E-state index in [4.69, 9.17) is 23.2 Å². The number of fused-ring (bicyclic) bond motifs is 4. The van der Waals surface area contributed by atoms with Crippen LogP contribution in [0.2, 0.25) is 10.0 Å². The van der Waals surface area contributed by atoms with Gasteiger partial charge in [0.25, 0.3) is 11.8 Å². The molecular weight excluding hydrogens is 708 g/mol. The third kappa shape index (κ3) is 5.17. The lowest BCUT2D eigenvalue weighted by molar-refractivity contribution is -0.141. The van der Waals surface area contributed by atoms with Gasteiger partial charge in [0.1, 0.15) is 5.75 Å². The van der Waals surface area contributed by atoms with Crippen molar-refractivity contribution < 1.29 is 37.5 Å². The zero-order valence-electron chi connectivity index (χ0n) is 27.1. The molecule has 9 nitrogen and oxygen atoms in total. The number of nitrogens with one attached hydrogen (secondary N) is 1. The van der Waals surface area contributed by atoms with E-state index >= 15 is 4.79 Å². The average Bonchev–Trinajstić information content (AvgIpc) is 3.47. The number of hydrogen-bond acceptors (Lipinski definition) is 7. The van der Waals surface area contributed by atoms with Crippen molar-refractivity contribution in [3.8, 4) is 5.75 Å². The zero-order valence-corrected chi connectivity index (χ0v) is 28.6. The molecule has 7 rings (SSSR count). The van der Waals surface area contributed by atoms with Crippen molar-refractivity contribution in [2.45, 2.75) is 43.7 Å². The number of nitrogens with zero attached hydrogens (tertiary/aromatic N) is 3. The van der Waals surface area contributed by atoms with Gasteiger partial charge in [-0.25, -0.2) is 4.98 Å². The molecule has 2 N–H and O–H groups in total. The number of alkyl halides is 3. The summed E-state index contributed by atoms with van der Waals surface area (Å²) in [5, 5.41) is 12.4. The topological polar surface area (TPSA) is 120 Å². The summed E-state index contributed by atoms with van der Waals surface area (Å²) in [6, 6.07) is 12.1. The predicted molar refractivity (Wildman–Crippen MR) is 181 cm³/mol. The highest BCUT2D eigenvalue weighted by Gasteiger charge is 2.70. The first-order valence-corrected chi connectivity index (χ1v) is 17.1. The van der Waals surface area contributed by atoms with E-state index in [0.29, 0.717) is 44.6 Å². The molecule has 2 saturated heterocycles. The minimum absolute atomic E-state index is 0.0211. The number of aromatic hydroxyl groups is 1. The van der Waals surface area contributed by atoms with Gasteiger partial charge in [-0.3, -0.25) is 29.5 Å². The molecule has 3 aromatic rings. The van der Waals surface area contributed by atoms with Gasteiger partial charge in [-0.2, -0.15) is 18.2 Å². The molecule has 1 saturated carbocycles. The Kier molecular flexibility index (Phi) is 8.53. The molecule has 0 radical (unpaired) electrons. The first-order chi connectivity index (χ1) is 24.2. The summed E-state index contributed by atoms with van der Waals surface area (Å²) in [6.07, 6.45) is -0.265. The lowest BCUT2D eigenvalue weighted by Gasteiger charge is -2.50. The monoisotopic (exact) mass is 738 g/mol. The Bertz CT molecular complexity index is 2040. The van der Waals surface area contributed by atoms with Crippen molar-refractivity contribution in [2.24, 2.45) is 23.7 Å². The van der Waals surface area contributed by atoms with E-state index in [0.717, 1.165) is 0 Å². The Morgan fingerprint density at radius 2 is 1.78 bits per heavy atom. The van der Waals surface area contributed by atoms with Crippen molar-refractivity contribution >= 4 is 52.6 Å². The van der Waals surface area contributed by atoms with Crippen LogP contribution in [-0.4, -0.2) is 50.2 Å². The third-order valence-electron chi connectivity index (χ3n) is 10.8. The quantitative estimate of drug-likeness (QED) is 0.201. The third-order valence-corrected chi connectivity index (χ3v) is 11.3. The minimum atomic E-state index is -4.74. The molecule has 4 aliphatic rings. The SMILES string of the molecule is C=CCc1cccc(C2C3=CCC4C(=O)N(CC)C(=O)C4C3CC3C(=O)N(Nc4ncc(C(F)(F)F)cc4Cl)C(=O)C32c2ccc(Cl)cc2)c1O. The van der Waals surface area contributed by atoms with Crippen molar-refractivity contribution in [1.29, 1.82) is 0 Å². The fourth-order valence-corrected chi connectivity index (χ4v) is 9.00. The molecule has 4 amide bonds. The number of amides is 4. The van der Waals surface area contributed by atoms with Gasteiger partial charge in [0.05, 0.1) is 33.8 Å². The average molecular weight is 740 g/mol. The first-order valence-electron chi connectivity index (χ1n) is 16.4. The Hall–Kier alpha value is -4.68. The zero-order chi connectivity index (χ0) is 36.6. The van der Waals surface area contributed by atoms with Gasteiger partial charge in [-0.15, -0.1) is 6.58 Å². The molecule has 1 aromatic heterocycles. The number of hydrazine groups is 1. The Balaban J connectivity index is 1.46. The number of rotatable bonds is 7. The number of likely N-dealkylation sites (tertiary alicyclic amines) is 1. The first kappa shape index (κ1) is 34.8. The number of hydrogen-bond donors (Lipinski definition) is 2. The second-order valence-corrected chi connectivity index (χ2v) is 14.0. The van der Waals surface area contributed by atoms with Crippen LogP contribution in [0, 0.1) is 23.7 Å². The van der Waals surface area contributed by atoms with Gasteiger partial charge < -0.3 is 5.11 Å². The number of pyridine rings is 1. The molecule has 51 heavy (non-hydrogen) atoms. The molecule has 2 aliphatic heterocycles. The molecule has 3 heterocycles. The van der Waals surface area contributed by atoms with Crippen LogP contribution in [0.3, 0.4) is 0 Å². The second-order valence-electron chi connectivity index (χ2n) is 13.2. The van der Waals surface area contributed by atoms with Crippen LogP contribution in [-0.2, 0) is 37.2 Å². The normalized spacial score (nSPS) is 27.3. The lowest BCUT2D eigenvalue weighted by atomic mass is 9.49. The summed E-state index contributed by atoms with van der Waals surface area (Å²) in [4.78, 5) is 62.2. The van der Waals surface area contributed by atoms with Gasteiger partial charge in [-0.05, 0) is 61.4 Å². The maximum atomic E-state index is 15.2. The van der Waals surface area contributed by atoms with Crippen LogP contribution in [0.5, 0.6) is 5.75 Å². The second kappa shape index (κ2) is 12.5. The van der Waals surface area contributed by atoms with Crippen molar-refractivity contribution in [1.82, 2.24) is 14.9 Å². The van der Waals surface area contributed by atoms with E-state index < -0.39 is 63.6 Å². The van der Waals surface area contributed by atoms with Gasteiger partial charge in [0.2, 0.25) is 11.8 Å². The molecule has 0 bridgehead atoms. The van der Waals surface area contributed by atoms with E-state index in [-0.39, 0.29) is 49.2 Å². The molecule has 14 heteroatoms. The van der Waals surface area contributed by atoms with Crippen LogP contribution >= 0.6 is 23.2 Å². The number of phenols is 1. The van der Waals surface area contributed by atoms with Crippen LogP contribution in [0.4, 0.5) is 19.0 Å². The molecule has 2 aliphatic carbocycles. The molecule has 264 valence electrons. The number of allylic oxidation sites excluding steroid dienone is 3. The smallest absolute Gasteiger partial charge is 0.417 e. The summed E-state index contributed by atoms with van der Waals surface area (Å²) < 4.78 is 40.3. The van der Waals surface area contributed by atoms with E-state index in [1.54, 1.807) is 55.5 Å². The maximum absolute atomic E-state index is 15.2. The minimum Gasteiger partial charge on any atom is -0.507 e. The van der Waals surface area contributed by atoms with E-state index in [2.05, 4.69) is 17.0 Å². The van der Waals surface area contributed by atoms with Gasteiger partial charge in [0.15, 0.2) is 5.82 Å². The Labute approximate surface area is 300 Å². The number of carbonyl (C=O) groups excluding carboxylic acids is 4. The predicted octanol–water partition coefficient (Wildman–Crippen LogP) is 6.85. The van der Waals surface area contributed by atoms with Crippen LogP contribution in [0.1, 0.15) is 47.9 Å². The van der Waals surface area contributed by atoms with Gasteiger partial charge in [-0.1, -0.05) is 71.3 Å². The Morgan fingerprint density at radius 3 is 2.43 bits per heavy atom.